The van der Waals surface area contributed by atoms with Crippen molar-refractivity contribution in [2.75, 3.05) is 20.1 Å². The number of benzene rings is 1. The molecular weight excluding hydrogens is 272 g/mol. The fourth-order valence-corrected chi connectivity index (χ4v) is 1.80. The summed E-state index contributed by atoms with van der Waals surface area (Å²) in [6.45, 7) is 2.45. The second-order valence-electron chi connectivity index (χ2n) is 4.46. The van der Waals surface area contributed by atoms with Crippen molar-refractivity contribution in [3.63, 3.8) is 0 Å². The monoisotopic (exact) mass is 292 g/mol. The van der Waals surface area contributed by atoms with Crippen LogP contribution < -0.4 is 11.1 Å². The lowest BCUT2D eigenvalue weighted by atomic mass is 10.1. The maximum Gasteiger partial charge on any atom is 0.254 e. The fourth-order valence-electron chi connectivity index (χ4n) is 1.80. The quantitative estimate of drug-likeness (QED) is 0.305. The van der Waals surface area contributed by atoms with Crippen molar-refractivity contribution in [2.24, 2.45) is 10.9 Å². The van der Waals surface area contributed by atoms with Gasteiger partial charge in [-0.15, -0.1) is 0 Å². The lowest BCUT2D eigenvalue weighted by Gasteiger charge is -2.21. The highest BCUT2D eigenvalue weighted by Crippen LogP contribution is 2.08. The zero-order valence-corrected chi connectivity index (χ0v) is 12.2. The van der Waals surface area contributed by atoms with Crippen LogP contribution in [0.2, 0.25) is 0 Å². The number of hydrogen-bond donors (Lipinski definition) is 3. The molecule has 0 aliphatic heterocycles. The number of hydrogen-bond acceptors (Lipinski definition) is 4. The maximum absolute atomic E-state index is 12.4. The lowest BCUT2D eigenvalue weighted by molar-refractivity contribution is -0.121. The molecule has 1 aromatic carbocycles. The zero-order valence-electron chi connectivity index (χ0n) is 12.2. The summed E-state index contributed by atoms with van der Waals surface area (Å²) >= 11 is 0. The van der Waals surface area contributed by atoms with Crippen molar-refractivity contribution in [3.8, 4) is 0 Å². The molecule has 1 aromatic rings. The van der Waals surface area contributed by atoms with Gasteiger partial charge >= 0.3 is 0 Å². The summed E-state index contributed by atoms with van der Waals surface area (Å²) in [6, 6.07) is 6.35. The third-order valence-corrected chi connectivity index (χ3v) is 2.93. The van der Waals surface area contributed by atoms with Crippen LogP contribution in [0.15, 0.2) is 29.4 Å². The second-order valence-corrected chi connectivity index (χ2v) is 4.46. The molecule has 0 bridgehead atoms. The number of amides is 2. The first kappa shape index (κ1) is 16.5. The van der Waals surface area contributed by atoms with Crippen molar-refractivity contribution >= 4 is 17.6 Å². The van der Waals surface area contributed by atoms with E-state index in [1.54, 1.807) is 24.3 Å². The molecule has 0 saturated carbocycles. The molecule has 0 aliphatic carbocycles. The van der Waals surface area contributed by atoms with E-state index in [-0.39, 0.29) is 24.2 Å². The first-order valence-electron chi connectivity index (χ1n) is 6.61. The Kier molecular flexibility index (Phi) is 6.19. The van der Waals surface area contributed by atoms with Crippen molar-refractivity contribution in [3.05, 3.63) is 35.4 Å². The van der Waals surface area contributed by atoms with Crippen LogP contribution in [0, 0.1) is 0 Å². The van der Waals surface area contributed by atoms with E-state index in [0.29, 0.717) is 17.7 Å². The highest BCUT2D eigenvalue weighted by atomic mass is 16.4. The van der Waals surface area contributed by atoms with Gasteiger partial charge in [0.1, 0.15) is 0 Å². The number of likely N-dealkylation sites (N-methyl/N-ethyl adjacent to an activating group) is 1. The number of carbonyl (C=O) groups excluding carboxylic acids is 2. The summed E-state index contributed by atoms with van der Waals surface area (Å²) in [5.41, 5.74) is 6.43. The summed E-state index contributed by atoms with van der Waals surface area (Å²) in [5.74, 6) is -0.471. The molecule has 2 amide bonds. The Morgan fingerprint density at radius 3 is 2.33 bits per heavy atom. The SMILES string of the molecule is CCCN(CC(=O)NC)C(=O)c1ccc(C(N)=NO)cc1. The van der Waals surface area contributed by atoms with Crippen LogP contribution >= 0.6 is 0 Å². The molecule has 7 heteroatoms. The van der Waals surface area contributed by atoms with Crippen molar-refractivity contribution < 1.29 is 14.8 Å². The van der Waals surface area contributed by atoms with Gasteiger partial charge in [-0.3, -0.25) is 9.59 Å². The molecule has 21 heavy (non-hydrogen) atoms. The normalized spacial score (nSPS) is 11.0. The molecule has 1 rings (SSSR count). The molecule has 0 atom stereocenters. The number of carbonyl (C=O) groups is 2. The number of nitrogens with zero attached hydrogens (tertiary/aromatic N) is 2. The molecule has 4 N–H and O–H groups in total. The highest BCUT2D eigenvalue weighted by molar-refractivity contribution is 6.00. The van der Waals surface area contributed by atoms with E-state index in [1.807, 2.05) is 6.92 Å². The van der Waals surface area contributed by atoms with Crippen LogP contribution in [0.4, 0.5) is 0 Å². The van der Waals surface area contributed by atoms with E-state index >= 15 is 0 Å². The highest BCUT2D eigenvalue weighted by Gasteiger charge is 2.17. The minimum absolute atomic E-state index is 0.0190. The third kappa shape index (κ3) is 4.48. The Morgan fingerprint density at radius 1 is 1.29 bits per heavy atom. The minimum atomic E-state index is -0.230. The van der Waals surface area contributed by atoms with Gasteiger partial charge in [0.25, 0.3) is 5.91 Å². The Morgan fingerprint density at radius 2 is 1.86 bits per heavy atom. The number of oxime groups is 1. The molecular formula is C14H20N4O3. The second kappa shape index (κ2) is 7.88. The van der Waals surface area contributed by atoms with Gasteiger partial charge in [0.15, 0.2) is 5.84 Å². The van der Waals surface area contributed by atoms with E-state index in [9.17, 15) is 9.59 Å². The van der Waals surface area contributed by atoms with Crippen molar-refractivity contribution in [2.45, 2.75) is 13.3 Å². The molecule has 0 aromatic heterocycles. The summed E-state index contributed by atoms with van der Waals surface area (Å²) in [7, 11) is 1.53. The molecule has 0 spiro atoms. The van der Waals surface area contributed by atoms with E-state index in [0.717, 1.165) is 6.42 Å². The Bertz CT molecular complexity index is 526. The van der Waals surface area contributed by atoms with E-state index < -0.39 is 0 Å². The van der Waals surface area contributed by atoms with Crippen molar-refractivity contribution in [1.29, 1.82) is 0 Å². The molecule has 7 nitrogen and oxygen atoms in total. The van der Waals surface area contributed by atoms with E-state index in [2.05, 4.69) is 10.5 Å². The third-order valence-electron chi connectivity index (χ3n) is 2.93. The standard InChI is InChI=1S/C14H20N4O3/c1-3-8-18(9-12(19)16-2)14(20)11-6-4-10(5-7-11)13(15)17-21/h4-7,21H,3,8-9H2,1-2H3,(H2,15,17)(H,16,19). The zero-order chi connectivity index (χ0) is 15.8. The van der Waals surface area contributed by atoms with Crippen LogP contribution in [0.25, 0.3) is 0 Å². The summed E-state index contributed by atoms with van der Waals surface area (Å²) in [5, 5.41) is 14.0. The first-order chi connectivity index (χ1) is 10.0. The maximum atomic E-state index is 12.4. The van der Waals surface area contributed by atoms with E-state index in [4.69, 9.17) is 10.9 Å². The molecule has 0 aliphatic rings. The molecule has 0 fully saturated rings. The summed E-state index contributed by atoms with van der Waals surface area (Å²) < 4.78 is 0. The van der Waals surface area contributed by atoms with Gasteiger partial charge in [0.05, 0.1) is 6.54 Å². The van der Waals surface area contributed by atoms with Crippen LogP contribution in [-0.2, 0) is 4.79 Å². The van der Waals surface area contributed by atoms with Crippen LogP contribution in [0.3, 0.4) is 0 Å². The van der Waals surface area contributed by atoms with Crippen LogP contribution in [0.1, 0.15) is 29.3 Å². The lowest BCUT2D eigenvalue weighted by Crippen LogP contribution is -2.40. The van der Waals surface area contributed by atoms with E-state index in [1.165, 1.54) is 11.9 Å². The Balaban J connectivity index is 2.90. The van der Waals surface area contributed by atoms with Gasteiger partial charge in [-0.05, 0) is 18.6 Å². The number of rotatable bonds is 6. The van der Waals surface area contributed by atoms with Crippen LogP contribution in [0.5, 0.6) is 0 Å². The van der Waals surface area contributed by atoms with Gasteiger partial charge in [-0.1, -0.05) is 24.2 Å². The number of nitrogens with two attached hydrogens (primary N) is 1. The molecule has 0 saturated heterocycles. The predicted octanol–water partition coefficient (Wildman–Crippen LogP) is 0.379. The Hall–Kier alpha value is -2.57. The summed E-state index contributed by atoms with van der Waals surface area (Å²) in [6.07, 6.45) is 0.755. The van der Waals surface area contributed by atoms with Gasteiger partial charge in [-0.25, -0.2) is 0 Å². The summed E-state index contributed by atoms with van der Waals surface area (Å²) in [4.78, 5) is 25.3. The van der Waals surface area contributed by atoms with Gasteiger partial charge in [-0.2, -0.15) is 0 Å². The molecule has 0 heterocycles. The van der Waals surface area contributed by atoms with Crippen molar-refractivity contribution in [1.82, 2.24) is 10.2 Å². The number of nitrogens with one attached hydrogen (secondary N) is 1. The number of amidine groups is 1. The van der Waals surface area contributed by atoms with Gasteiger partial charge in [0, 0.05) is 24.7 Å². The predicted molar refractivity (Wildman–Crippen MR) is 79.2 cm³/mol. The smallest absolute Gasteiger partial charge is 0.254 e. The average molecular weight is 292 g/mol. The van der Waals surface area contributed by atoms with Crippen LogP contribution in [-0.4, -0.2) is 47.9 Å². The topological polar surface area (TPSA) is 108 Å². The fraction of sp³-hybridized carbons (Fsp3) is 0.357. The first-order valence-corrected chi connectivity index (χ1v) is 6.61. The Labute approximate surface area is 123 Å². The van der Waals surface area contributed by atoms with Gasteiger partial charge < -0.3 is 21.2 Å². The largest absolute Gasteiger partial charge is 0.409 e. The van der Waals surface area contributed by atoms with Gasteiger partial charge in [0.2, 0.25) is 5.91 Å². The average Bonchev–Trinajstić information content (AvgIpc) is 2.52. The molecule has 0 unspecified atom stereocenters. The molecule has 114 valence electrons. The minimum Gasteiger partial charge on any atom is -0.409 e. The molecule has 0 radical (unpaired) electrons.